The Hall–Kier alpha value is -3.46. The third-order valence-corrected chi connectivity index (χ3v) is 8.15. The summed E-state index contributed by atoms with van der Waals surface area (Å²) in [4.78, 5) is 32.8. The van der Waals surface area contributed by atoms with Gasteiger partial charge in [-0.25, -0.2) is 5.01 Å². The highest BCUT2D eigenvalue weighted by atomic mass is 16.5. The molecule has 1 aliphatic carbocycles. The molecule has 2 fully saturated rings. The third-order valence-electron chi connectivity index (χ3n) is 8.15. The second-order valence-electron chi connectivity index (χ2n) is 10.4. The van der Waals surface area contributed by atoms with Gasteiger partial charge in [0.05, 0.1) is 32.0 Å². The van der Waals surface area contributed by atoms with Crippen LogP contribution in [-0.2, 0) is 16.0 Å². The lowest BCUT2D eigenvalue weighted by Gasteiger charge is -2.43. The highest BCUT2D eigenvalue weighted by Crippen LogP contribution is 2.40. The van der Waals surface area contributed by atoms with Crippen LogP contribution in [-0.4, -0.2) is 71.8 Å². The number of rotatable bonds is 7. The standard InChI is InChI=1S/C29H37N5O4/c1-37-25-11-10-19(17-26(25)38-2)27-22-8-3-4-9-23(22)28(35)34(32-27)21-12-15-33(16-13-21)29(36)24(30)18-20-7-5-6-14-31-20/h5-7,10-11,14,17,21-24H,3-4,8-9,12-13,15-16,18,30H2,1-2H3/t22-,23+,24-/m0/s1. The van der Waals surface area contributed by atoms with Gasteiger partial charge in [-0.1, -0.05) is 18.9 Å². The van der Waals surface area contributed by atoms with E-state index in [1.54, 1.807) is 25.4 Å². The maximum Gasteiger partial charge on any atom is 0.246 e. The molecule has 3 heterocycles. The molecule has 3 aliphatic rings. The minimum Gasteiger partial charge on any atom is -0.493 e. The molecule has 0 bridgehead atoms. The van der Waals surface area contributed by atoms with Crippen molar-refractivity contribution >= 4 is 17.5 Å². The summed E-state index contributed by atoms with van der Waals surface area (Å²) in [5.41, 5.74) is 8.96. The second-order valence-corrected chi connectivity index (χ2v) is 10.4. The van der Waals surface area contributed by atoms with Crippen LogP contribution in [0.15, 0.2) is 47.7 Å². The Labute approximate surface area is 224 Å². The van der Waals surface area contributed by atoms with Gasteiger partial charge in [0.1, 0.15) is 0 Å². The number of nitrogens with zero attached hydrogens (tertiary/aromatic N) is 4. The third kappa shape index (κ3) is 5.25. The summed E-state index contributed by atoms with van der Waals surface area (Å²) in [6, 6.07) is 10.8. The molecular formula is C29H37N5O4. The van der Waals surface area contributed by atoms with Crippen molar-refractivity contribution < 1.29 is 19.1 Å². The molecule has 2 aromatic rings. The average Bonchev–Trinajstić information content (AvgIpc) is 2.97. The lowest BCUT2D eigenvalue weighted by molar-refractivity contribution is -0.143. The molecular weight excluding hydrogens is 482 g/mol. The van der Waals surface area contributed by atoms with Gasteiger partial charge in [0.2, 0.25) is 11.8 Å². The predicted molar refractivity (Wildman–Crippen MR) is 144 cm³/mol. The summed E-state index contributed by atoms with van der Waals surface area (Å²) in [5.74, 6) is 1.42. The number of methoxy groups -OCH3 is 2. The molecule has 1 aromatic carbocycles. The van der Waals surface area contributed by atoms with E-state index in [9.17, 15) is 9.59 Å². The number of aromatic nitrogens is 1. The zero-order valence-electron chi connectivity index (χ0n) is 22.2. The van der Waals surface area contributed by atoms with E-state index >= 15 is 0 Å². The molecule has 0 unspecified atom stereocenters. The molecule has 2 aliphatic heterocycles. The van der Waals surface area contributed by atoms with Crippen LogP contribution in [0.2, 0.25) is 0 Å². The minimum atomic E-state index is -0.629. The molecule has 202 valence electrons. The van der Waals surface area contributed by atoms with Gasteiger partial charge in [-0.05, 0) is 56.0 Å². The lowest BCUT2D eigenvalue weighted by Crippen LogP contribution is -2.54. The molecule has 1 saturated carbocycles. The Morgan fingerprint density at radius 2 is 1.76 bits per heavy atom. The first-order chi connectivity index (χ1) is 18.5. The van der Waals surface area contributed by atoms with E-state index < -0.39 is 6.04 Å². The van der Waals surface area contributed by atoms with Crippen molar-refractivity contribution in [3.63, 3.8) is 0 Å². The zero-order valence-corrected chi connectivity index (χ0v) is 22.2. The van der Waals surface area contributed by atoms with Gasteiger partial charge >= 0.3 is 0 Å². The number of piperidine rings is 1. The summed E-state index contributed by atoms with van der Waals surface area (Å²) >= 11 is 0. The topological polar surface area (TPSA) is 110 Å². The van der Waals surface area contributed by atoms with E-state index in [4.69, 9.17) is 20.3 Å². The first kappa shape index (κ1) is 26.2. The molecule has 3 atom stereocenters. The fourth-order valence-electron chi connectivity index (χ4n) is 6.09. The monoisotopic (exact) mass is 519 g/mol. The first-order valence-corrected chi connectivity index (χ1v) is 13.6. The second kappa shape index (κ2) is 11.5. The molecule has 2 amide bonds. The molecule has 1 saturated heterocycles. The van der Waals surface area contributed by atoms with Crippen molar-refractivity contribution in [3.8, 4) is 11.5 Å². The summed E-state index contributed by atoms with van der Waals surface area (Å²) < 4.78 is 11.0. The first-order valence-electron chi connectivity index (χ1n) is 13.6. The number of nitrogens with two attached hydrogens (primary N) is 1. The highest BCUT2D eigenvalue weighted by molar-refractivity contribution is 6.07. The normalized spacial score (nSPS) is 22.9. The van der Waals surface area contributed by atoms with Crippen LogP contribution >= 0.6 is 0 Å². The molecule has 38 heavy (non-hydrogen) atoms. The minimum absolute atomic E-state index is 0.0448. The van der Waals surface area contributed by atoms with E-state index in [-0.39, 0.29) is 29.7 Å². The summed E-state index contributed by atoms with van der Waals surface area (Å²) in [6.45, 7) is 1.11. The van der Waals surface area contributed by atoms with Gasteiger partial charge in [-0.15, -0.1) is 0 Å². The highest BCUT2D eigenvalue weighted by Gasteiger charge is 2.44. The Morgan fingerprint density at radius 1 is 1.03 bits per heavy atom. The number of hydrogen-bond donors (Lipinski definition) is 1. The number of hydrogen-bond acceptors (Lipinski definition) is 7. The summed E-state index contributed by atoms with van der Waals surface area (Å²) in [6.07, 6.45) is 7.46. The van der Waals surface area contributed by atoms with Crippen LogP contribution in [0, 0.1) is 11.8 Å². The number of likely N-dealkylation sites (tertiary alicyclic amines) is 1. The number of pyridine rings is 1. The van der Waals surface area contributed by atoms with E-state index in [1.807, 2.05) is 41.3 Å². The quantitative estimate of drug-likeness (QED) is 0.602. The number of benzene rings is 1. The molecule has 9 nitrogen and oxygen atoms in total. The maximum absolute atomic E-state index is 13.7. The van der Waals surface area contributed by atoms with E-state index in [1.165, 1.54) is 0 Å². The lowest BCUT2D eigenvalue weighted by atomic mass is 9.73. The summed E-state index contributed by atoms with van der Waals surface area (Å²) in [5, 5.41) is 6.73. The van der Waals surface area contributed by atoms with Crippen LogP contribution in [0.5, 0.6) is 11.5 Å². The van der Waals surface area contributed by atoms with E-state index in [2.05, 4.69) is 4.98 Å². The van der Waals surface area contributed by atoms with Crippen molar-refractivity contribution in [1.82, 2.24) is 14.9 Å². The molecule has 9 heteroatoms. The number of ether oxygens (including phenoxy) is 2. The van der Waals surface area contributed by atoms with Crippen LogP contribution < -0.4 is 15.2 Å². The Bertz CT molecular complexity index is 1180. The SMILES string of the molecule is COc1ccc(C2=NN(C3CCN(C(=O)[C@@H](N)Cc4ccccn4)CC3)C(=O)[C@@H]3CCCC[C@H]23)cc1OC. The van der Waals surface area contributed by atoms with Gasteiger partial charge in [0.15, 0.2) is 11.5 Å². The molecule has 2 N–H and O–H groups in total. The van der Waals surface area contributed by atoms with Crippen molar-refractivity contribution in [3.05, 3.63) is 53.9 Å². The van der Waals surface area contributed by atoms with Crippen molar-refractivity contribution in [2.24, 2.45) is 22.7 Å². The average molecular weight is 520 g/mol. The van der Waals surface area contributed by atoms with E-state index in [0.29, 0.717) is 43.9 Å². The van der Waals surface area contributed by atoms with Crippen LogP contribution in [0.25, 0.3) is 0 Å². The molecule has 0 spiro atoms. The molecule has 5 rings (SSSR count). The predicted octanol–water partition coefficient (Wildman–Crippen LogP) is 3.01. The Morgan fingerprint density at radius 3 is 2.45 bits per heavy atom. The molecule has 1 aromatic heterocycles. The maximum atomic E-state index is 13.7. The van der Waals surface area contributed by atoms with Crippen molar-refractivity contribution in [2.45, 2.75) is 57.0 Å². The summed E-state index contributed by atoms with van der Waals surface area (Å²) in [7, 11) is 3.25. The molecule has 0 radical (unpaired) electrons. The van der Waals surface area contributed by atoms with E-state index in [0.717, 1.165) is 42.7 Å². The van der Waals surface area contributed by atoms with Gasteiger partial charge in [-0.2, -0.15) is 5.10 Å². The van der Waals surface area contributed by atoms with Gasteiger partial charge in [-0.3, -0.25) is 14.6 Å². The van der Waals surface area contributed by atoms with Gasteiger partial charge < -0.3 is 20.1 Å². The van der Waals surface area contributed by atoms with Gasteiger partial charge in [0.25, 0.3) is 0 Å². The number of hydrazone groups is 1. The number of carbonyl (C=O) groups excluding carboxylic acids is 2. The van der Waals surface area contributed by atoms with Crippen molar-refractivity contribution in [1.29, 1.82) is 0 Å². The number of carbonyl (C=O) groups is 2. The van der Waals surface area contributed by atoms with Crippen LogP contribution in [0.4, 0.5) is 0 Å². The van der Waals surface area contributed by atoms with Gasteiger partial charge in [0, 0.05) is 48.8 Å². The van der Waals surface area contributed by atoms with Crippen molar-refractivity contribution in [2.75, 3.05) is 27.3 Å². The number of fused-ring (bicyclic) bond motifs is 1. The number of amides is 2. The fourth-order valence-corrected chi connectivity index (χ4v) is 6.09. The fraction of sp³-hybridized carbons (Fsp3) is 0.517. The largest absolute Gasteiger partial charge is 0.493 e. The zero-order chi connectivity index (χ0) is 26.6. The Kier molecular flexibility index (Phi) is 7.93. The van der Waals surface area contributed by atoms with Crippen LogP contribution in [0.1, 0.15) is 49.8 Å². The smallest absolute Gasteiger partial charge is 0.246 e. The Balaban J connectivity index is 1.32. The van der Waals surface area contributed by atoms with Crippen LogP contribution in [0.3, 0.4) is 0 Å².